The Bertz CT molecular complexity index is 649. The molecule has 0 amide bonds. The first kappa shape index (κ1) is 13.4. The summed E-state index contributed by atoms with van der Waals surface area (Å²) in [7, 11) is 0. The third-order valence-corrected chi connectivity index (χ3v) is 2.64. The third-order valence-electron chi connectivity index (χ3n) is 2.15. The summed E-state index contributed by atoms with van der Waals surface area (Å²) in [5.74, 6) is -1.88. The third kappa shape index (κ3) is 3.25. The lowest BCUT2D eigenvalue weighted by molar-refractivity contribution is 0.0689. The zero-order valence-corrected chi connectivity index (χ0v) is 11.3. The van der Waals surface area contributed by atoms with Gasteiger partial charge in [-0.25, -0.2) is 14.2 Å². The molecule has 1 aromatic carbocycles. The van der Waals surface area contributed by atoms with Gasteiger partial charge in [0.25, 0.3) is 0 Å². The Labute approximate surface area is 116 Å². The number of halogens is 2. The van der Waals surface area contributed by atoms with Gasteiger partial charge in [0, 0.05) is 10.2 Å². The Morgan fingerprint density at radius 2 is 2.11 bits per heavy atom. The van der Waals surface area contributed by atoms with E-state index in [4.69, 9.17) is 9.84 Å². The van der Waals surface area contributed by atoms with Gasteiger partial charge < -0.3 is 9.84 Å². The standard InChI is InChI=1S/C12H8BrFN2O3/c1-6-4-9(11(17)18)16-12(15-6)19-10-3-2-7(13)5-8(10)14/h2-5H,1H3,(H,17,18). The Kier molecular flexibility index (Phi) is 3.75. The molecule has 0 unspecified atom stereocenters. The summed E-state index contributed by atoms with van der Waals surface area (Å²) in [4.78, 5) is 18.4. The molecule has 1 aromatic heterocycles. The fourth-order valence-corrected chi connectivity index (χ4v) is 1.69. The predicted octanol–water partition coefficient (Wildman–Crippen LogP) is 3.18. The fourth-order valence-electron chi connectivity index (χ4n) is 1.35. The van der Waals surface area contributed by atoms with Gasteiger partial charge in [-0.15, -0.1) is 0 Å². The van der Waals surface area contributed by atoms with Gasteiger partial charge in [-0.3, -0.25) is 0 Å². The number of aromatic nitrogens is 2. The number of rotatable bonds is 3. The summed E-state index contributed by atoms with van der Waals surface area (Å²) in [5.41, 5.74) is 0.208. The Hall–Kier alpha value is -2.02. The van der Waals surface area contributed by atoms with Crippen molar-refractivity contribution in [3.63, 3.8) is 0 Å². The number of carbonyl (C=O) groups is 1. The molecular formula is C12H8BrFN2O3. The van der Waals surface area contributed by atoms with Crippen LogP contribution in [-0.4, -0.2) is 21.0 Å². The van der Waals surface area contributed by atoms with E-state index in [1.54, 1.807) is 13.0 Å². The summed E-state index contributed by atoms with van der Waals surface area (Å²) in [6.45, 7) is 1.60. The molecule has 0 spiro atoms. The second-order valence-electron chi connectivity index (χ2n) is 3.66. The minimum absolute atomic E-state index is 0.0786. The molecule has 7 heteroatoms. The molecule has 0 atom stereocenters. The number of benzene rings is 1. The molecule has 0 bridgehead atoms. The van der Waals surface area contributed by atoms with Gasteiger partial charge in [-0.1, -0.05) is 15.9 Å². The quantitative estimate of drug-likeness (QED) is 0.937. The van der Waals surface area contributed by atoms with Crippen molar-refractivity contribution in [2.24, 2.45) is 0 Å². The summed E-state index contributed by atoms with van der Waals surface area (Å²) < 4.78 is 19.3. The molecule has 1 N–H and O–H groups in total. The van der Waals surface area contributed by atoms with Crippen LogP contribution in [0.3, 0.4) is 0 Å². The molecule has 0 radical (unpaired) electrons. The van der Waals surface area contributed by atoms with E-state index in [0.29, 0.717) is 10.2 Å². The maximum Gasteiger partial charge on any atom is 0.354 e. The highest BCUT2D eigenvalue weighted by Gasteiger charge is 2.12. The van der Waals surface area contributed by atoms with E-state index in [0.717, 1.165) is 0 Å². The lowest BCUT2D eigenvalue weighted by Crippen LogP contribution is -2.04. The van der Waals surface area contributed by atoms with E-state index >= 15 is 0 Å². The van der Waals surface area contributed by atoms with Crippen LogP contribution in [0.2, 0.25) is 0 Å². The first-order valence-electron chi connectivity index (χ1n) is 5.17. The summed E-state index contributed by atoms with van der Waals surface area (Å²) >= 11 is 3.12. The first-order valence-corrected chi connectivity index (χ1v) is 5.97. The average molecular weight is 327 g/mol. The predicted molar refractivity (Wildman–Crippen MR) is 67.9 cm³/mol. The van der Waals surface area contributed by atoms with E-state index < -0.39 is 11.8 Å². The number of ether oxygens (including phenoxy) is 1. The maximum atomic E-state index is 13.6. The van der Waals surface area contributed by atoms with Crippen LogP contribution in [0, 0.1) is 12.7 Å². The first-order chi connectivity index (χ1) is 8.95. The van der Waals surface area contributed by atoms with Crippen molar-refractivity contribution >= 4 is 21.9 Å². The lowest BCUT2D eigenvalue weighted by Gasteiger charge is -2.06. The van der Waals surface area contributed by atoms with Gasteiger partial charge >= 0.3 is 12.0 Å². The van der Waals surface area contributed by atoms with Crippen LogP contribution in [0.4, 0.5) is 4.39 Å². The molecule has 0 saturated carbocycles. The second kappa shape index (κ2) is 5.31. The normalized spacial score (nSPS) is 10.3. The highest BCUT2D eigenvalue weighted by atomic mass is 79.9. The number of carboxylic acids is 1. The fraction of sp³-hybridized carbons (Fsp3) is 0.0833. The molecule has 19 heavy (non-hydrogen) atoms. The summed E-state index contributed by atoms with van der Waals surface area (Å²) in [6, 6.07) is 5.30. The minimum atomic E-state index is -1.20. The molecule has 0 aliphatic carbocycles. The number of hydrogen-bond donors (Lipinski definition) is 1. The van der Waals surface area contributed by atoms with Crippen molar-refractivity contribution in [3.8, 4) is 11.8 Å². The van der Waals surface area contributed by atoms with Crippen molar-refractivity contribution in [1.82, 2.24) is 9.97 Å². The maximum absolute atomic E-state index is 13.6. The zero-order valence-electron chi connectivity index (χ0n) is 9.72. The summed E-state index contributed by atoms with van der Waals surface area (Å²) in [6.07, 6.45) is 0. The molecule has 0 aliphatic heterocycles. The second-order valence-corrected chi connectivity index (χ2v) is 4.57. The van der Waals surface area contributed by atoms with Gasteiger partial charge in [-0.05, 0) is 31.2 Å². The van der Waals surface area contributed by atoms with Crippen LogP contribution >= 0.6 is 15.9 Å². The van der Waals surface area contributed by atoms with Crippen molar-refractivity contribution in [1.29, 1.82) is 0 Å². The van der Waals surface area contributed by atoms with Crippen molar-refractivity contribution in [3.05, 3.63) is 45.9 Å². The van der Waals surface area contributed by atoms with Gasteiger partial charge in [0.15, 0.2) is 17.3 Å². The molecule has 2 aromatic rings. The highest BCUT2D eigenvalue weighted by molar-refractivity contribution is 9.10. The van der Waals surface area contributed by atoms with E-state index in [1.165, 1.54) is 18.2 Å². The molecular weight excluding hydrogens is 319 g/mol. The van der Waals surface area contributed by atoms with Gasteiger partial charge in [-0.2, -0.15) is 4.98 Å². The molecule has 0 saturated heterocycles. The van der Waals surface area contributed by atoms with Crippen LogP contribution in [0.25, 0.3) is 0 Å². The van der Waals surface area contributed by atoms with Crippen molar-refractivity contribution < 1.29 is 19.0 Å². The smallest absolute Gasteiger partial charge is 0.354 e. The largest absolute Gasteiger partial charge is 0.477 e. The van der Waals surface area contributed by atoms with E-state index in [-0.39, 0.29) is 17.5 Å². The van der Waals surface area contributed by atoms with Crippen LogP contribution < -0.4 is 4.74 Å². The molecule has 0 fully saturated rings. The SMILES string of the molecule is Cc1cc(C(=O)O)nc(Oc2ccc(Br)cc2F)n1. The number of aryl methyl sites for hydroxylation is 1. The monoisotopic (exact) mass is 326 g/mol. The number of nitrogens with zero attached hydrogens (tertiary/aromatic N) is 2. The summed E-state index contributed by atoms with van der Waals surface area (Å²) in [5, 5.41) is 8.86. The number of carboxylic acid groups (broad SMARTS) is 1. The lowest BCUT2D eigenvalue weighted by atomic mass is 10.3. The van der Waals surface area contributed by atoms with Crippen LogP contribution in [-0.2, 0) is 0 Å². The minimum Gasteiger partial charge on any atom is -0.477 e. The number of aromatic carboxylic acids is 1. The van der Waals surface area contributed by atoms with Crippen molar-refractivity contribution in [2.45, 2.75) is 6.92 Å². The number of hydrogen-bond acceptors (Lipinski definition) is 4. The molecule has 5 nitrogen and oxygen atoms in total. The van der Waals surface area contributed by atoms with E-state index in [9.17, 15) is 9.18 Å². The Morgan fingerprint density at radius 1 is 1.37 bits per heavy atom. The molecule has 1 heterocycles. The average Bonchev–Trinajstić information content (AvgIpc) is 2.32. The zero-order chi connectivity index (χ0) is 14.0. The van der Waals surface area contributed by atoms with Crippen LogP contribution in [0.1, 0.15) is 16.2 Å². The van der Waals surface area contributed by atoms with E-state index in [1.807, 2.05) is 0 Å². The van der Waals surface area contributed by atoms with Crippen molar-refractivity contribution in [2.75, 3.05) is 0 Å². The highest BCUT2D eigenvalue weighted by Crippen LogP contribution is 2.25. The van der Waals surface area contributed by atoms with Gasteiger partial charge in [0.2, 0.25) is 0 Å². The molecule has 98 valence electrons. The van der Waals surface area contributed by atoms with Crippen LogP contribution in [0.15, 0.2) is 28.7 Å². The molecule has 2 rings (SSSR count). The van der Waals surface area contributed by atoms with Gasteiger partial charge in [0.05, 0.1) is 0 Å². The Balaban J connectivity index is 2.35. The van der Waals surface area contributed by atoms with Gasteiger partial charge in [0.1, 0.15) is 0 Å². The van der Waals surface area contributed by atoms with Crippen LogP contribution in [0.5, 0.6) is 11.8 Å². The van der Waals surface area contributed by atoms with E-state index in [2.05, 4.69) is 25.9 Å². The molecule has 0 aliphatic rings. The Morgan fingerprint density at radius 3 is 2.74 bits per heavy atom. The topological polar surface area (TPSA) is 72.3 Å².